The SMILES string of the molecule is Cc1ccc(N2C(=O)CC(N(Cc3cccnc3)C(=O)C3CC3)C2=O)cc1. The number of anilines is 1. The third-order valence-electron chi connectivity index (χ3n) is 5.08. The summed E-state index contributed by atoms with van der Waals surface area (Å²) in [6, 6.07) is 10.2. The van der Waals surface area contributed by atoms with Crippen molar-refractivity contribution < 1.29 is 14.4 Å². The van der Waals surface area contributed by atoms with Crippen molar-refractivity contribution >= 4 is 23.4 Å². The van der Waals surface area contributed by atoms with Crippen molar-refractivity contribution in [1.29, 1.82) is 0 Å². The van der Waals surface area contributed by atoms with Gasteiger partial charge in [-0.15, -0.1) is 0 Å². The van der Waals surface area contributed by atoms with E-state index in [9.17, 15) is 14.4 Å². The zero-order chi connectivity index (χ0) is 19.0. The first-order valence-corrected chi connectivity index (χ1v) is 9.17. The highest BCUT2D eigenvalue weighted by molar-refractivity contribution is 6.23. The van der Waals surface area contributed by atoms with Gasteiger partial charge < -0.3 is 4.90 Å². The minimum Gasteiger partial charge on any atom is -0.325 e. The van der Waals surface area contributed by atoms with Gasteiger partial charge in [-0.3, -0.25) is 19.4 Å². The fourth-order valence-corrected chi connectivity index (χ4v) is 3.42. The molecule has 1 aliphatic carbocycles. The number of rotatable bonds is 5. The van der Waals surface area contributed by atoms with Crippen LogP contribution in [0.4, 0.5) is 5.69 Å². The zero-order valence-electron chi connectivity index (χ0n) is 15.2. The summed E-state index contributed by atoms with van der Waals surface area (Å²) in [5.74, 6) is -0.677. The number of aromatic nitrogens is 1. The van der Waals surface area contributed by atoms with Crippen LogP contribution in [-0.4, -0.2) is 33.6 Å². The minimum absolute atomic E-state index is 0.0193. The van der Waals surface area contributed by atoms with Gasteiger partial charge in [-0.05, 0) is 43.5 Å². The maximum atomic E-state index is 13.1. The minimum atomic E-state index is -0.757. The summed E-state index contributed by atoms with van der Waals surface area (Å²) in [6.07, 6.45) is 5.06. The molecule has 2 aromatic rings. The highest BCUT2D eigenvalue weighted by Gasteiger charge is 2.46. The fourth-order valence-electron chi connectivity index (χ4n) is 3.42. The third-order valence-corrected chi connectivity index (χ3v) is 5.08. The Morgan fingerprint density at radius 2 is 1.93 bits per heavy atom. The number of carbonyl (C=O) groups excluding carboxylic acids is 3. The molecule has 0 spiro atoms. The first kappa shape index (κ1) is 17.4. The molecule has 1 aliphatic heterocycles. The van der Waals surface area contributed by atoms with Crippen LogP contribution in [0.3, 0.4) is 0 Å². The lowest BCUT2D eigenvalue weighted by Crippen LogP contribution is -2.45. The smallest absolute Gasteiger partial charge is 0.257 e. The van der Waals surface area contributed by atoms with Gasteiger partial charge in [-0.2, -0.15) is 0 Å². The number of carbonyl (C=O) groups is 3. The standard InChI is InChI=1S/C21H21N3O3/c1-14-4-8-17(9-5-14)24-19(25)11-18(21(24)27)23(20(26)16-6-7-16)13-15-3-2-10-22-12-15/h2-5,8-10,12,16,18H,6-7,11,13H2,1H3. The Labute approximate surface area is 157 Å². The molecule has 4 rings (SSSR count). The summed E-state index contributed by atoms with van der Waals surface area (Å²) in [6.45, 7) is 2.23. The predicted octanol–water partition coefficient (Wildman–Crippen LogP) is 2.46. The molecule has 0 N–H and O–H groups in total. The Morgan fingerprint density at radius 1 is 1.19 bits per heavy atom. The Hall–Kier alpha value is -3.02. The van der Waals surface area contributed by atoms with Gasteiger partial charge >= 0.3 is 0 Å². The molecule has 1 aromatic carbocycles. The molecule has 3 amide bonds. The van der Waals surface area contributed by atoms with Crippen molar-refractivity contribution in [2.75, 3.05) is 4.90 Å². The van der Waals surface area contributed by atoms with Crippen molar-refractivity contribution in [3.8, 4) is 0 Å². The molecule has 2 heterocycles. The lowest BCUT2D eigenvalue weighted by atomic mass is 10.1. The molecule has 27 heavy (non-hydrogen) atoms. The maximum Gasteiger partial charge on any atom is 0.257 e. The van der Waals surface area contributed by atoms with Gasteiger partial charge in [0.15, 0.2) is 0 Å². The van der Waals surface area contributed by atoms with Gasteiger partial charge in [-0.1, -0.05) is 23.8 Å². The summed E-state index contributed by atoms with van der Waals surface area (Å²) in [7, 11) is 0. The van der Waals surface area contributed by atoms with Crippen LogP contribution < -0.4 is 4.90 Å². The van der Waals surface area contributed by atoms with Gasteiger partial charge in [-0.25, -0.2) is 4.90 Å². The second-order valence-electron chi connectivity index (χ2n) is 7.22. The molecule has 138 valence electrons. The quantitative estimate of drug-likeness (QED) is 0.765. The average Bonchev–Trinajstić information content (AvgIpc) is 3.47. The van der Waals surface area contributed by atoms with Gasteiger partial charge in [0.05, 0.1) is 12.1 Å². The molecule has 0 radical (unpaired) electrons. The predicted molar refractivity (Wildman–Crippen MR) is 99.6 cm³/mol. The number of hydrogen-bond acceptors (Lipinski definition) is 4. The van der Waals surface area contributed by atoms with E-state index in [4.69, 9.17) is 0 Å². The van der Waals surface area contributed by atoms with E-state index in [0.717, 1.165) is 24.0 Å². The van der Waals surface area contributed by atoms with Crippen molar-refractivity contribution in [1.82, 2.24) is 9.88 Å². The molecule has 2 fully saturated rings. The van der Waals surface area contributed by atoms with Crippen LogP contribution >= 0.6 is 0 Å². The molecular weight excluding hydrogens is 342 g/mol. The lowest BCUT2D eigenvalue weighted by molar-refractivity contribution is -0.140. The Morgan fingerprint density at radius 3 is 2.56 bits per heavy atom. The van der Waals surface area contributed by atoms with Crippen molar-refractivity contribution in [2.45, 2.75) is 38.8 Å². The molecule has 6 heteroatoms. The van der Waals surface area contributed by atoms with E-state index in [1.54, 1.807) is 35.5 Å². The van der Waals surface area contributed by atoms with Crippen LogP contribution in [0.5, 0.6) is 0 Å². The largest absolute Gasteiger partial charge is 0.325 e. The summed E-state index contributed by atoms with van der Waals surface area (Å²) >= 11 is 0. The van der Waals surface area contributed by atoms with E-state index >= 15 is 0 Å². The zero-order valence-corrected chi connectivity index (χ0v) is 15.2. The van der Waals surface area contributed by atoms with E-state index in [1.807, 2.05) is 25.1 Å². The van der Waals surface area contributed by atoms with E-state index in [1.165, 1.54) is 4.90 Å². The van der Waals surface area contributed by atoms with Gasteiger partial charge in [0.25, 0.3) is 5.91 Å². The summed E-state index contributed by atoms with van der Waals surface area (Å²) in [4.78, 5) is 45.4. The molecule has 6 nitrogen and oxygen atoms in total. The number of hydrogen-bond donors (Lipinski definition) is 0. The van der Waals surface area contributed by atoms with Gasteiger partial charge in [0.1, 0.15) is 6.04 Å². The molecule has 1 saturated heterocycles. The van der Waals surface area contributed by atoms with E-state index in [-0.39, 0.29) is 36.6 Å². The molecule has 2 aliphatic rings. The highest BCUT2D eigenvalue weighted by Crippen LogP contribution is 2.34. The topological polar surface area (TPSA) is 70.6 Å². The van der Waals surface area contributed by atoms with Crippen LogP contribution in [-0.2, 0) is 20.9 Å². The van der Waals surface area contributed by atoms with E-state index in [2.05, 4.69) is 4.98 Å². The van der Waals surface area contributed by atoms with E-state index < -0.39 is 6.04 Å². The number of pyridine rings is 1. The number of nitrogens with zero attached hydrogens (tertiary/aromatic N) is 3. The van der Waals surface area contributed by atoms with Crippen molar-refractivity contribution in [3.05, 3.63) is 59.9 Å². The normalized spacial score (nSPS) is 19.4. The van der Waals surface area contributed by atoms with Crippen LogP contribution in [0, 0.1) is 12.8 Å². The van der Waals surface area contributed by atoms with Gasteiger partial charge in [0.2, 0.25) is 11.8 Å². The van der Waals surface area contributed by atoms with Crippen LogP contribution in [0.15, 0.2) is 48.8 Å². The molecule has 1 saturated carbocycles. The molecule has 1 atom stereocenters. The molecular formula is C21H21N3O3. The first-order chi connectivity index (χ1) is 13.0. The number of amides is 3. The average molecular weight is 363 g/mol. The fraction of sp³-hybridized carbons (Fsp3) is 0.333. The Bertz CT molecular complexity index is 875. The van der Waals surface area contributed by atoms with Crippen LogP contribution in [0.25, 0.3) is 0 Å². The summed E-state index contributed by atoms with van der Waals surface area (Å²) in [5, 5.41) is 0. The highest BCUT2D eigenvalue weighted by atomic mass is 16.2. The Kier molecular flexibility index (Phi) is 4.48. The summed E-state index contributed by atoms with van der Waals surface area (Å²) in [5.41, 5.74) is 2.45. The lowest BCUT2D eigenvalue weighted by Gasteiger charge is -2.28. The third kappa shape index (κ3) is 3.47. The molecule has 1 aromatic heterocycles. The number of aryl methyl sites for hydroxylation is 1. The second kappa shape index (κ2) is 6.95. The van der Waals surface area contributed by atoms with Crippen molar-refractivity contribution in [3.63, 3.8) is 0 Å². The number of imide groups is 1. The monoisotopic (exact) mass is 363 g/mol. The molecule has 0 bridgehead atoms. The molecule has 1 unspecified atom stereocenters. The van der Waals surface area contributed by atoms with Crippen molar-refractivity contribution in [2.24, 2.45) is 5.92 Å². The van der Waals surface area contributed by atoms with E-state index in [0.29, 0.717) is 5.69 Å². The maximum absolute atomic E-state index is 13.1. The second-order valence-corrected chi connectivity index (χ2v) is 7.22. The van der Waals surface area contributed by atoms with Crippen LogP contribution in [0.1, 0.15) is 30.4 Å². The van der Waals surface area contributed by atoms with Gasteiger partial charge in [0, 0.05) is 24.9 Å². The first-order valence-electron chi connectivity index (χ1n) is 9.17. The number of benzene rings is 1. The summed E-state index contributed by atoms with van der Waals surface area (Å²) < 4.78 is 0. The van der Waals surface area contributed by atoms with Crippen LogP contribution in [0.2, 0.25) is 0 Å². The Balaban J connectivity index is 1.61.